The third-order valence-corrected chi connectivity index (χ3v) is 1.49. The Hall–Kier alpha value is -2.15. The molecule has 0 fully saturated rings. The lowest BCUT2D eigenvalue weighted by atomic mass is 10.3. The highest BCUT2D eigenvalue weighted by Gasteiger charge is 2.05. The monoisotopic (exact) mass is 188 g/mol. The molecular weight excluding hydrogens is 180 g/mol. The van der Waals surface area contributed by atoms with Crippen LogP contribution in [0.5, 0.6) is 0 Å². The third kappa shape index (κ3) is 2.42. The first kappa shape index (κ1) is 9.93. The van der Waals surface area contributed by atoms with Crippen molar-refractivity contribution in [3.63, 3.8) is 0 Å². The summed E-state index contributed by atoms with van der Waals surface area (Å²) in [7, 11) is 1.29. The summed E-state index contributed by atoms with van der Waals surface area (Å²) in [5.74, 6) is -0.489. The van der Waals surface area contributed by atoms with Crippen molar-refractivity contribution in [2.75, 3.05) is 7.11 Å². The number of pyridine rings is 1. The van der Waals surface area contributed by atoms with E-state index >= 15 is 0 Å². The minimum Gasteiger partial charge on any atom is -0.464 e. The lowest BCUT2D eigenvalue weighted by Crippen LogP contribution is -2.04. The number of carbonyl (C=O) groups is 1. The molecule has 4 heteroatoms. The minimum absolute atomic E-state index is 0.229. The molecule has 1 aromatic heterocycles. The summed E-state index contributed by atoms with van der Waals surface area (Å²) in [6, 6.07) is 6.76. The van der Waals surface area contributed by atoms with Crippen LogP contribution in [0, 0.1) is 11.3 Å². The third-order valence-electron chi connectivity index (χ3n) is 1.49. The largest absolute Gasteiger partial charge is 0.464 e. The first-order valence-electron chi connectivity index (χ1n) is 3.89. The molecule has 4 nitrogen and oxygen atoms in total. The number of hydrogen-bond donors (Lipinski definition) is 0. The van der Waals surface area contributed by atoms with Gasteiger partial charge in [0.15, 0.2) is 0 Å². The molecule has 0 saturated heterocycles. The molecule has 0 aliphatic heterocycles. The van der Waals surface area contributed by atoms with E-state index in [2.05, 4.69) is 9.72 Å². The predicted molar refractivity (Wildman–Crippen MR) is 50.2 cm³/mol. The highest BCUT2D eigenvalue weighted by molar-refractivity contribution is 5.87. The van der Waals surface area contributed by atoms with Crippen LogP contribution in [-0.4, -0.2) is 18.1 Å². The number of aromatic nitrogens is 1. The highest BCUT2D eigenvalue weighted by atomic mass is 16.5. The minimum atomic E-state index is -0.489. The maximum atomic E-state index is 11.1. The fraction of sp³-hybridized carbons (Fsp3) is 0.100. The average molecular weight is 188 g/mol. The zero-order chi connectivity index (χ0) is 10.4. The van der Waals surface area contributed by atoms with E-state index in [1.54, 1.807) is 18.2 Å². The molecule has 0 amide bonds. The van der Waals surface area contributed by atoms with Crippen LogP contribution in [0.3, 0.4) is 0 Å². The van der Waals surface area contributed by atoms with Crippen molar-refractivity contribution < 1.29 is 9.53 Å². The zero-order valence-corrected chi connectivity index (χ0v) is 7.60. The van der Waals surface area contributed by atoms with Crippen molar-refractivity contribution in [1.29, 1.82) is 5.26 Å². The van der Waals surface area contributed by atoms with Gasteiger partial charge in [0.1, 0.15) is 5.69 Å². The van der Waals surface area contributed by atoms with Gasteiger partial charge in [0.2, 0.25) is 0 Å². The summed E-state index contributed by atoms with van der Waals surface area (Å²) in [5, 5.41) is 8.30. The van der Waals surface area contributed by atoms with E-state index in [0.717, 1.165) is 0 Å². The number of methoxy groups -OCH3 is 1. The van der Waals surface area contributed by atoms with Gasteiger partial charge in [-0.05, 0) is 18.2 Å². The molecule has 0 atom stereocenters. The van der Waals surface area contributed by atoms with Crippen molar-refractivity contribution in [3.8, 4) is 6.07 Å². The van der Waals surface area contributed by atoms with Crippen molar-refractivity contribution in [3.05, 3.63) is 35.7 Å². The summed E-state index contributed by atoms with van der Waals surface area (Å²) in [6.07, 6.45) is 2.82. The van der Waals surface area contributed by atoms with Crippen molar-refractivity contribution in [2.24, 2.45) is 0 Å². The second-order valence-corrected chi connectivity index (χ2v) is 2.40. The van der Waals surface area contributed by atoms with Gasteiger partial charge in [0.25, 0.3) is 0 Å². The van der Waals surface area contributed by atoms with Gasteiger partial charge in [-0.25, -0.2) is 9.78 Å². The summed E-state index contributed by atoms with van der Waals surface area (Å²) in [6.45, 7) is 0. The number of nitriles is 1. The van der Waals surface area contributed by atoms with Crippen LogP contribution in [0.25, 0.3) is 6.08 Å². The van der Waals surface area contributed by atoms with Gasteiger partial charge in [-0.15, -0.1) is 0 Å². The molecule has 0 bridgehead atoms. The van der Waals surface area contributed by atoms with Crippen LogP contribution in [0.1, 0.15) is 16.2 Å². The number of ether oxygens (including phenoxy) is 1. The van der Waals surface area contributed by atoms with Gasteiger partial charge < -0.3 is 4.74 Å². The van der Waals surface area contributed by atoms with Gasteiger partial charge in [0, 0.05) is 6.08 Å². The summed E-state index contributed by atoms with van der Waals surface area (Å²) >= 11 is 0. The van der Waals surface area contributed by atoms with E-state index in [0.29, 0.717) is 5.69 Å². The Morgan fingerprint density at radius 3 is 3.07 bits per heavy atom. The van der Waals surface area contributed by atoms with Gasteiger partial charge in [-0.1, -0.05) is 6.07 Å². The molecule has 1 aromatic rings. The van der Waals surface area contributed by atoms with Crippen LogP contribution in [0.15, 0.2) is 24.3 Å². The summed E-state index contributed by atoms with van der Waals surface area (Å²) < 4.78 is 4.51. The molecule has 1 heterocycles. The summed E-state index contributed by atoms with van der Waals surface area (Å²) in [5.41, 5.74) is 0.780. The second-order valence-electron chi connectivity index (χ2n) is 2.40. The van der Waals surface area contributed by atoms with E-state index in [9.17, 15) is 4.79 Å². The van der Waals surface area contributed by atoms with E-state index in [1.165, 1.54) is 19.3 Å². The molecule has 14 heavy (non-hydrogen) atoms. The normalized spacial score (nSPS) is 9.71. The van der Waals surface area contributed by atoms with Crippen LogP contribution in [0.4, 0.5) is 0 Å². The lowest BCUT2D eigenvalue weighted by molar-refractivity contribution is 0.0594. The maximum Gasteiger partial charge on any atom is 0.356 e. The highest BCUT2D eigenvalue weighted by Crippen LogP contribution is 2.02. The number of carbonyl (C=O) groups excluding carboxylic acids is 1. The van der Waals surface area contributed by atoms with Crippen LogP contribution < -0.4 is 0 Å². The Morgan fingerprint density at radius 1 is 1.64 bits per heavy atom. The Kier molecular flexibility index (Phi) is 3.39. The van der Waals surface area contributed by atoms with Crippen molar-refractivity contribution in [1.82, 2.24) is 4.98 Å². The number of hydrogen-bond acceptors (Lipinski definition) is 4. The van der Waals surface area contributed by atoms with E-state index in [1.807, 2.05) is 6.07 Å². The molecule has 0 N–H and O–H groups in total. The Balaban J connectivity index is 2.96. The molecule has 0 radical (unpaired) electrons. The zero-order valence-electron chi connectivity index (χ0n) is 7.60. The van der Waals surface area contributed by atoms with Crippen LogP contribution in [-0.2, 0) is 4.74 Å². The lowest BCUT2D eigenvalue weighted by Gasteiger charge is -1.98. The number of allylic oxidation sites excluding steroid dienone is 1. The van der Waals surface area contributed by atoms with Gasteiger partial charge in [-0.2, -0.15) is 5.26 Å². The fourth-order valence-electron chi connectivity index (χ4n) is 0.885. The smallest absolute Gasteiger partial charge is 0.356 e. The Labute approximate surface area is 81.5 Å². The molecule has 0 spiro atoms. The number of rotatable bonds is 2. The van der Waals surface area contributed by atoms with E-state index < -0.39 is 5.97 Å². The average Bonchev–Trinajstić information content (AvgIpc) is 2.25. The Morgan fingerprint density at radius 2 is 2.43 bits per heavy atom. The second kappa shape index (κ2) is 4.77. The molecule has 1 rings (SSSR count). The molecule has 0 aliphatic carbocycles. The molecule has 0 saturated carbocycles. The topological polar surface area (TPSA) is 63.0 Å². The Bertz CT molecular complexity index is 405. The molecular formula is C10H8N2O2. The standard InChI is InChI=1S/C10H8N2O2/c1-14-10(13)9-6-2-4-8(12-9)5-3-7-11/h2-6H,1H3. The van der Waals surface area contributed by atoms with Crippen LogP contribution in [0.2, 0.25) is 0 Å². The first-order chi connectivity index (χ1) is 6.77. The van der Waals surface area contributed by atoms with Crippen molar-refractivity contribution in [2.45, 2.75) is 0 Å². The van der Waals surface area contributed by atoms with Gasteiger partial charge in [0.05, 0.1) is 18.9 Å². The van der Waals surface area contributed by atoms with Crippen LogP contribution >= 0.6 is 0 Å². The van der Waals surface area contributed by atoms with E-state index in [-0.39, 0.29) is 5.69 Å². The van der Waals surface area contributed by atoms with E-state index in [4.69, 9.17) is 5.26 Å². The molecule has 70 valence electrons. The predicted octanol–water partition coefficient (Wildman–Crippen LogP) is 1.40. The van der Waals surface area contributed by atoms with Gasteiger partial charge in [-0.3, -0.25) is 0 Å². The maximum absolute atomic E-state index is 11.1. The van der Waals surface area contributed by atoms with Crippen molar-refractivity contribution >= 4 is 12.0 Å². The summed E-state index contributed by atoms with van der Waals surface area (Å²) in [4.78, 5) is 15.0. The quantitative estimate of drug-likeness (QED) is 0.520. The fourth-order valence-corrected chi connectivity index (χ4v) is 0.885. The first-order valence-corrected chi connectivity index (χ1v) is 3.89. The SMILES string of the molecule is COC(=O)c1cccc(C=CC#N)n1. The molecule has 0 unspecified atom stereocenters. The molecule has 0 aliphatic rings. The number of esters is 1. The van der Waals surface area contributed by atoms with Gasteiger partial charge >= 0.3 is 5.97 Å². The number of nitrogens with zero attached hydrogens (tertiary/aromatic N) is 2. The molecule has 0 aromatic carbocycles.